The number of hydrogen-bond acceptors (Lipinski definition) is 5. The molecular formula is C22H29ClN4O2S. The highest BCUT2D eigenvalue weighted by atomic mass is 35.5. The van der Waals surface area contributed by atoms with E-state index in [-0.39, 0.29) is 11.8 Å². The second kappa shape index (κ2) is 8.81. The summed E-state index contributed by atoms with van der Waals surface area (Å²) in [7, 11) is -1.45. The fourth-order valence-corrected chi connectivity index (χ4v) is 5.73. The molecule has 30 heavy (non-hydrogen) atoms. The highest BCUT2D eigenvalue weighted by Gasteiger charge is 2.31. The van der Waals surface area contributed by atoms with Gasteiger partial charge in [0.15, 0.2) is 5.82 Å². The van der Waals surface area contributed by atoms with E-state index in [1.165, 1.54) is 5.56 Å². The van der Waals surface area contributed by atoms with Crippen LogP contribution in [-0.4, -0.2) is 54.6 Å². The molecule has 1 aromatic heterocycles. The predicted octanol–water partition coefficient (Wildman–Crippen LogP) is 3.93. The minimum absolute atomic E-state index is 0.0521. The van der Waals surface area contributed by atoms with Gasteiger partial charge in [-0.25, -0.2) is 22.7 Å². The van der Waals surface area contributed by atoms with Gasteiger partial charge in [0.05, 0.1) is 5.75 Å². The van der Waals surface area contributed by atoms with Crippen LogP contribution in [0.2, 0.25) is 5.02 Å². The maximum atomic E-state index is 12.3. The van der Waals surface area contributed by atoms with E-state index in [1.807, 2.05) is 24.3 Å². The van der Waals surface area contributed by atoms with Crippen LogP contribution in [-0.2, 0) is 22.9 Å². The van der Waals surface area contributed by atoms with E-state index in [0.29, 0.717) is 5.02 Å². The van der Waals surface area contributed by atoms with Crippen molar-refractivity contribution in [3.05, 3.63) is 40.5 Å². The first-order valence-corrected chi connectivity index (χ1v) is 12.7. The molecule has 8 heteroatoms. The Morgan fingerprint density at radius 2 is 1.90 bits per heavy atom. The molecule has 162 valence electrons. The summed E-state index contributed by atoms with van der Waals surface area (Å²) in [6.45, 7) is 3.30. The molecule has 0 radical (unpaired) electrons. The van der Waals surface area contributed by atoms with Crippen LogP contribution in [0.4, 0.5) is 5.82 Å². The summed E-state index contributed by atoms with van der Waals surface area (Å²) in [6, 6.07) is 7.74. The monoisotopic (exact) mass is 448 g/mol. The zero-order valence-corrected chi connectivity index (χ0v) is 19.2. The molecule has 6 nitrogen and oxygen atoms in total. The van der Waals surface area contributed by atoms with Crippen LogP contribution in [0.25, 0.3) is 11.4 Å². The molecule has 0 saturated carbocycles. The van der Waals surface area contributed by atoms with Crippen molar-refractivity contribution >= 4 is 27.4 Å². The lowest BCUT2D eigenvalue weighted by molar-refractivity contribution is 0.311. The van der Waals surface area contributed by atoms with Gasteiger partial charge in [-0.15, -0.1) is 0 Å². The maximum absolute atomic E-state index is 12.3. The van der Waals surface area contributed by atoms with E-state index >= 15 is 0 Å². The number of piperidine rings is 1. The second-order valence-corrected chi connectivity index (χ2v) is 10.9. The van der Waals surface area contributed by atoms with Gasteiger partial charge >= 0.3 is 0 Å². The molecule has 1 saturated heterocycles. The van der Waals surface area contributed by atoms with Crippen molar-refractivity contribution in [1.29, 1.82) is 0 Å². The van der Waals surface area contributed by atoms with Crippen LogP contribution < -0.4 is 4.90 Å². The number of hydrogen-bond donors (Lipinski definition) is 0. The first-order valence-electron chi connectivity index (χ1n) is 10.8. The zero-order valence-electron chi connectivity index (χ0n) is 17.6. The summed E-state index contributed by atoms with van der Waals surface area (Å²) in [6.07, 6.45) is 5.91. The second-order valence-electron chi connectivity index (χ2n) is 8.15. The summed E-state index contributed by atoms with van der Waals surface area (Å²) in [4.78, 5) is 12.2. The molecule has 0 N–H and O–H groups in total. The van der Waals surface area contributed by atoms with Gasteiger partial charge in [0, 0.05) is 48.0 Å². The van der Waals surface area contributed by atoms with Crippen molar-refractivity contribution in [1.82, 2.24) is 14.3 Å². The Kier molecular flexibility index (Phi) is 6.32. The van der Waals surface area contributed by atoms with Crippen molar-refractivity contribution < 1.29 is 8.42 Å². The predicted molar refractivity (Wildman–Crippen MR) is 122 cm³/mol. The summed E-state index contributed by atoms with van der Waals surface area (Å²) in [5.41, 5.74) is 3.34. The van der Waals surface area contributed by atoms with Gasteiger partial charge in [-0.3, -0.25) is 0 Å². The number of halogens is 1. The molecule has 2 aromatic rings. The average molecular weight is 449 g/mol. The van der Waals surface area contributed by atoms with E-state index in [2.05, 4.69) is 4.90 Å². The quantitative estimate of drug-likeness (QED) is 0.693. The lowest BCUT2D eigenvalue weighted by atomic mass is 9.95. The Balaban J connectivity index is 1.62. The summed E-state index contributed by atoms with van der Waals surface area (Å²) in [5.74, 6) is 1.89. The standard InChI is InChI=1S/C22H29ClN4O2S/c1-3-30(28,29)26(2)18-11-13-27(14-12-18)22-19-9-4-5-10-20(19)24-21(25-22)16-7-6-8-17(23)15-16/h6-8,15,18H,3-5,9-14H2,1-2H3. The normalized spacial score (nSPS) is 17.9. The number of nitrogens with zero attached hydrogens (tertiary/aromatic N) is 4. The first-order chi connectivity index (χ1) is 14.4. The van der Waals surface area contributed by atoms with E-state index in [1.54, 1.807) is 18.3 Å². The Morgan fingerprint density at radius 3 is 2.60 bits per heavy atom. The molecule has 1 aliphatic heterocycles. The number of aromatic nitrogens is 2. The first kappa shape index (κ1) is 21.5. The van der Waals surface area contributed by atoms with E-state index < -0.39 is 10.0 Å². The van der Waals surface area contributed by atoms with Crippen molar-refractivity contribution in [3.8, 4) is 11.4 Å². The fourth-order valence-electron chi connectivity index (χ4n) is 4.46. The van der Waals surface area contributed by atoms with E-state index in [0.717, 1.165) is 74.5 Å². The van der Waals surface area contributed by atoms with Gasteiger partial charge in [0.1, 0.15) is 5.82 Å². The molecule has 0 unspecified atom stereocenters. The van der Waals surface area contributed by atoms with Gasteiger partial charge < -0.3 is 4.90 Å². The van der Waals surface area contributed by atoms with Crippen LogP contribution in [0.1, 0.15) is 43.9 Å². The minimum atomic E-state index is -3.16. The minimum Gasteiger partial charge on any atom is -0.356 e. The number of fused-ring (bicyclic) bond motifs is 1. The van der Waals surface area contributed by atoms with Crippen molar-refractivity contribution in [3.63, 3.8) is 0 Å². The molecule has 1 aromatic carbocycles. The van der Waals surface area contributed by atoms with Crippen LogP contribution in [0.5, 0.6) is 0 Å². The van der Waals surface area contributed by atoms with E-state index in [9.17, 15) is 8.42 Å². The summed E-state index contributed by atoms with van der Waals surface area (Å²) >= 11 is 6.20. The van der Waals surface area contributed by atoms with Gasteiger partial charge in [-0.05, 0) is 57.6 Å². The van der Waals surface area contributed by atoms with Crippen LogP contribution in [0, 0.1) is 0 Å². The zero-order chi connectivity index (χ0) is 21.3. The van der Waals surface area contributed by atoms with Crippen molar-refractivity contribution in [2.75, 3.05) is 30.8 Å². The largest absolute Gasteiger partial charge is 0.356 e. The third-order valence-electron chi connectivity index (χ3n) is 6.33. The lowest BCUT2D eigenvalue weighted by Gasteiger charge is -2.38. The number of anilines is 1. The van der Waals surface area contributed by atoms with Gasteiger partial charge in [0.2, 0.25) is 10.0 Å². The average Bonchev–Trinajstić information content (AvgIpc) is 2.78. The van der Waals surface area contributed by atoms with Gasteiger partial charge in [-0.1, -0.05) is 23.7 Å². The molecular weight excluding hydrogens is 420 g/mol. The molecule has 0 bridgehead atoms. The van der Waals surface area contributed by atoms with Crippen molar-refractivity contribution in [2.45, 2.75) is 51.5 Å². The molecule has 1 aliphatic carbocycles. The lowest BCUT2D eigenvalue weighted by Crippen LogP contribution is -2.46. The van der Waals surface area contributed by atoms with Crippen LogP contribution in [0.15, 0.2) is 24.3 Å². The SMILES string of the molecule is CCS(=O)(=O)N(C)C1CCN(c2nc(-c3cccc(Cl)c3)nc3c2CCCC3)CC1. The molecule has 1 fully saturated rings. The molecule has 2 heterocycles. The third-order valence-corrected chi connectivity index (χ3v) is 8.47. The van der Waals surface area contributed by atoms with Gasteiger partial charge in [-0.2, -0.15) is 0 Å². The number of aryl methyl sites for hydroxylation is 1. The number of sulfonamides is 1. The highest BCUT2D eigenvalue weighted by Crippen LogP contribution is 2.33. The Morgan fingerprint density at radius 1 is 1.17 bits per heavy atom. The van der Waals surface area contributed by atoms with E-state index in [4.69, 9.17) is 21.6 Å². The molecule has 2 aliphatic rings. The number of benzene rings is 1. The Labute approximate surface area is 184 Å². The molecule has 0 spiro atoms. The Hall–Kier alpha value is -1.70. The van der Waals surface area contributed by atoms with Gasteiger partial charge in [0.25, 0.3) is 0 Å². The fraction of sp³-hybridized carbons (Fsp3) is 0.545. The topological polar surface area (TPSA) is 66.4 Å². The highest BCUT2D eigenvalue weighted by molar-refractivity contribution is 7.89. The summed E-state index contributed by atoms with van der Waals surface area (Å²) < 4.78 is 26.1. The van der Waals surface area contributed by atoms with Crippen molar-refractivity contribution in [2.24, 2.45) is 0 Å². The number of rotatable bonds is 5. The van der Waals surface area contributed by atoms with Crippen LogP contribution >= 0.6 is 11.6 Å². The van der Waals surface area contributed by atoms with Crippen LogP contribution in [0.3, 0.4) is 0 Å². The molecule has 4 rings (SSSR count). The molecule has 0 atom stereocenters. The smallest absolute Gasteiger partial charge is 0.213 e. The third kappa shape index (κ3) is 4.34. The summed E-state index contributed by atoms with van der Waals surface area (Å²) in [5, 5.41) is 0.677. The molecule has 0 amide bonds. The Bertz CT molecular complexity index is 1020. The maximum Gasteiger partial charge on any atom is 0.213 e.